The van der Waals surface area contributed by atoms with Gasteiger partial charge in [-0.05, 0) is 25.0 Å². The number of hydrogen-bond acceptors (Lipinski definition) is 4. The van der Waals surface area contributed by atoms with Gasteiger partial charge in [-0.2, -0.15) is 0 Å². The summed E-state index contributed by atoms with van der Waals surface area (Å²) in [5.74, 6) is 0.995. The van der Waals surface area contributed by atoms with Crippen molar-refractivity contribution in [2.24, 2.45) is 0 Å². The first kappa shape index (κ1) is 12.8. The summed E-state index contributed by atoms with van der Waals surface area (Å²) in [6.45, 7) is 3.56. The molecule has 90 valence electrons. The summed E-state index contributed by atoms with van der Waals surface area (Å²) in [5, 5.41) is 18.7. The van der Waals surface area contributed by atoms with Crippen molar-refractivity contribution in [3.8, 4) is 11.5 Å². The molecule has 0 amide bonds. The fourth-order valence-electron chi connectivity index (χ4n) is 1.88. The average molecular weight is 226 g/mol. The minimum absolute atomic E-state index is 0.113. The number of aliphatic hydroxyl groups is 2. The van der Waals surface area contributed by atoms with Crippen LogP contribution in [-0.2, 0) is 13.2 Å². The van der Waals surface area contributed by atoms with Gasteiger partial charge in [0.05, 0.1) is 27.4 Å². The summed E-state index contributed by atoms with van der Waals surface area (Å²) in [6.07, 6.45) is 0. The molecular formula is C12H18O4. The van der Waals surface area contributed by atoms with Crippen LogP contribution in [0, 0.1) is 13.8 Å². The zero-order valence-corrected chi connectivity index (χ0v) is 10.1. The molecule has 0 atom stereocenters. The Hall–Kier alpha value is -1.26. The van der Waals surface area contributed by atoms with E-state index in [2.05, 4.69) is 0 Å². The fourth-order valence-corrected chi connectivity index (χ4v) is 1.88. The van der Waals surface area contributed by atoms with E-state index in [0.717, 1.165) is 11.1 Å². The molecule has 0 bridgehead atoms. The number of rotatable bonds is 4. The van der Waals surface area contributed by atoms with Crippen LogP contribution in [0.15, 0.2) is 0 Å². The van der Waals surface area contributed by atoms with Crippen LogP contribution in [0.5, 0.6) is 11.5 Å². The number of hydrogen-bond donors (Lipinski definition) is 2. The normalized spacial score (nSPS) is 10.4. The molecule has 2 N–H and O–H groups in total. The number of methoxy groups -OCH3 is 2. The van der Waals surface area contributed by atoms with Gasteiger partial charge in [0.1, 0.15) is 0 Å². The maximum atomic E-state index is 9.34. The smallest absolute Gasteiger partial charge is 0.166 e. The van der Waals surface area contributed by atoms with Gasteiger partial charge in [0.15, 0.2) is 11.5 Å². The van der Waals surface area contributed by atoms with Crippen molar-refractivity contribution in [1.82, 2.24) is 0 Å². The molecule has 0 aromatic heterocycles. The second-order valence-electron chi connectivity index (χ2n) is 3.59. The minimum Gasteiger partial charge on any atom is -0.492 e. The van der Waals surface area contributed by atoms with Crippen LogP contribution < -0.4 is 9.47 Å². The Labute approximate surface area is 95.4 Å². The molecule has 0 saturated heterocycles. The molecule has 16 heavy (non-hydrogen) atoms. The zero-order chi connectivity index (χ0) is 12.3. The van der Waals surface area contributed by atoms with Crippen molar-refractivity contribution in [3.05, 3.63) is 22.3 Å². The molecular weight excluding hydrogens is 208 g/mol. The van der Waals surface area contributed by atoms with E-state index in [1.165, 1.54) is 14.2 Å². The molecule has 0 unspecified atom stereocenters. The van der Waals surface area contributed by atoms with E-state index < -0.39 is 0 Å². The molecule has 0 aliphatic rings. The third-order valence-corrected chi connectivity index (χ3v) is 2.95. The second-order valence-corrected chi connectivity index (χ2v) is 3.59. The average Bonchev–Trinajstić information content (AvgIpc) is 2.31. The van der Waals surface area contributed by atoms with Gasteiger partial charge in [-0.25, -0.2) is 0 Å². The summed E-state index contributed by atoms with van der Waals surface area (Å²) in [5.41, 5.74) is 3.25. The third kappa shape index (κ3) is 1.86. The zero-order valence-electron chi connectivity index (χ0n) is 10.1. The first-order valence-electron chi connectivity index (χ1n) is 5.06. The Kier molecular flexibility index (Phi) is 4.15. The molecule has 0 saturated carbocycles. The third-order valence-electron chi connectivity index (χ3n) is 2.95. The molecule has 0 aliphatic heterocycles. The second kappa shape index (κ2) is 5.18. The molecule has 1 rings (SSSR count). The predicted molar refractivity (Wildman–Crippen MR) is 60.9 cm³/mol. The highest BCUT2D eigenvalue weighted by atomic mass is 16.5. The summed E-state index contributed by atoms with van der Waals surface area (Å²) < 4.78 is 10.5. The van der Waals surface area contributed by atoms with Crippen LogP contribution >= 0.6 is 0 Å². The van der Waals surface area contributed by atoms with Crippen molar-refractivity contribution < 1.29 is 19.7 Å². The van der Waals surface area contributed by atoms with Crippen LogP contribution in [0.4, 0.5) is 0 Å². The van der Waals surface area contributed by atoms with Gasteiger partial charge in [-0.1, -0.05) is 0 Å². The molecule has 0 fully saturated rings. The lowest BCUT2D eigenvalue weighted by atomic mass is 9.96. The maximum Gasteiger partial charge on any atom is 0.166 e. The molecule has 4 heteroatoms. The van der Waals surface area contributed by atoms with Gasteiger partial charge in [0, 0.05) is 11.1 Å². The largest absolute Gasteiger partial charge is 0.492 e. The van der Waals surface area contributed by atoms with Crippen molar-refractivity contribution in [1.29, 1.82) is 0 Å². The van der Waals surface area contributed by atoms with Crippen LogP contribution in [0.2, 0.25) is 0 Å². The monoisotopic (exact) mass is 226 g/mol. The molecule has 0 aliphatic carbocycles. The van der Waals surface area contributed by atoms with Gasteiger partial charge < -0.3 is 19.7 Å². The lowest BCUT2D eigenvalue weighted by Gasteiger charge is -2.20. The standard InChI is InChI=1S/C12H18O4/c1-7-8(2)10(6-14)12(16-4)11(15-3)9(7)5-13/h13-14H,5-6H2,1-4H3. The van der Waals surface area contributed by atoms with Crippen LogP contribution in [0.3, 0.4) is 0 Å². The Morgan fingerprint density at radius 1 is 0.812 bits per heavy atom. The van der Waals surface area contributed by atoms with E-state index in [-0.39, 0.29) is 13.2 Å². The fraction of sp³-hybridized carbons (Fsp3) is 0.500. The summed E-state index contributed by atoms with van der Waals surface area (Å²) in [7, 11) is 3.04. The summed E-state index contributed by atoms with van der Waals surface area (Å²) in [4.78, 5) is 0. The SMILES string of the molecule is COc1c(CO)c(C)c(C)c(CO)c1OC. The first-order chi connectivity index (χ1) is 7.62. The van der Waals surface area contributed by atoms with Crippen LogP contribution in [0.1, 0.15) is 22.3 Å². The van der Waals surface area contributed by atoms with Crippen LogP contribution in [0.25, 0.3) is 0 Å². The summed E-state index contributed by atoms with van der Waals surface area (Å²) >= 11 is 0. The van der Waals surface area contributed by atoms with E-state index >= 15 is 0 Å². The lowest BCUT2D eigenvalue weighted by Crippen LogP contribution is -2.06. The maximum absolute atomic E-state index is 9.34. The van der Waals surface area contributed by atoms with E-state index in [1.807, 2.05) is 13.8 Å². The van der Waals surface area contributed by atoms with E-state index in [1.54, 1.807) is 0 Å². The molecule has 4 nitrogen and oxygen atoms in total. The first-order valence-corrected chi connectivity index (χ1v) is 5.06. The van der Waals surface area contributed by atoms with Gasteiger partial charge in [0.2, 0.25) is 0 Å². The minimum atomic E-state index is -0.113. The van der Waals surface area contributed by atoms with Gasteiger partial charge >= 0.3 is 0 Å². The van der Waals surface area contributed by atoms with Gasteiger partial charge in [-0.3, -0.25) is 0 Å². The number of aliphatic hydroxyl groups excluding tert-OH is 2. The highest BCUT2D eigenvalue weighted by molar-refractivity contribution is 5.59. The Balaban J connectivity index is 3.61. The Bertz CT molecular complexity index is 348. The number of ether oxygens (including phenoxy) is 2. The lowest BCUT2D eigenvalue weighted by molar-refractivity contribution is 0.258. The topological polar surface area (TPSA) is 58.9 Å². The predicted octanol–water partition coefficient (Wildman–Crippen LogP) is 1.31. The molecule has 0 heterocycles. The van der Waals surface area contributed by atoms with Crippen LogP contribution in [-0.4, -0.2) is 24.4 Å². The molecule has 1 aromatic rings. The van der Waals surface area contributed by atoms with E-state index in [4.69, 9.17) is 9.47 Å². The van der Waals surface area contributed by atoms with E-state index in [0.29, 0.717) is 22.6 Å². The van der Waals surface area contributed by atoms with Gasteiger partial charge in [0.25, 0.3) is 0 Å². The Morgan fingerprint density at radius 3 is 1.31 bits per heavy atom. The van der Waals surface area contributed by atoms with Crippen molar-refractivity contribution in [3.63, 3.8) is 0 Å². The van der Waals surface area contributed by atoms with Crippen molar-refractivity contribution in [2.45, 2.75) is 27.1 Å². The summed E-state index contributed by atoms with van der Waals surface area (Å²) in [6, 6.07) is 0. The molecule has 0 spiro atoms. The van der Waals surface area contributed by atoms with E-state index in [9.17, 15) is 10.2 Å². The highest BCUT2D eigenvalue weighted by Crippen LogP contribution is 2.39. The van der Waals surface area contributed by atoms with Gasteiger partial charge in [-0.15, -0.1) is 0 Å². The number of benzene rings is 1. The molecule has 1 aromatic carbocycles. The highest BCUT2D eigenvalue weighted by Gasteiger charge is 2.20. The quantitative estimate of drug-likeness (QED) is 0.812. The molecule has 0 radical (unpaired) electrons. The van der Waals surface area contributed by atoms with Crippen molar-refractivity contribution in [2.75, 3.05) is 14.2 Å². The van der Waals surface area contributed by atoms with Crippen molar-refractivity contribution >= 4 is 0 Å². The Morgan fingerprint density at radius 2 is 1.12 bits per heavy atom.